The molecule has 0 aliphatic carbocycles. The molecule has 4 rings (SSSR count). The highest BCUT2D eigenvalue weighted by atomic mass is 35.5. The predicted octanol–water partition coefficient (Wildman–Crippen LogP) is 6.13. The molecule has 1 aromatic heterocycles. The third-order valence-corrected chi connectivity index (χ3v) is 4.73. The van der Waals surface area contributed by atoms with E-state index in [1.807, 2.05) is 66.7 Å². The summed E-state index contributed by atoms with van der Waals surface area (Å²) >= 11 is 5.98. The van der Waals surface area contributed by atoms with Crippen molar-refractivity contribution in [3.63, 3.8) is 0 Å². The zero-order valence-corrected chi connectivity index (χ0v) is 16.8. The van der Waals surface area contributed by atoms with Crippen LogP contribution in [0.15, 0.2) is 85.2 Å². The van der Waals surface area contributed by atoms with Crippen LogP contribution in [0.3, 0.4) is 0 Å². The van der Waals surface area contributed by atoms with Crippen LogP contribution in [0, 0.1) is 0 Å². The van der Waals surface area contributed by atoms with Gasteiger partial charge in [0.1, 0.15) is 0 Å². The molecule has 0 amide bonds. The number of halogens is 1. The van der Waals surface area contributed by atoms with Crippen LogP contribution in [0.25, 0.3) is 0 Å². The van der Waals surface area contributed by atoms with Crippen LogP contribution in [0.4, 0.5) is 45.5 Å². The van der Waals surface area contributed by atoms with Crippen molar-refractivity contribution in [3.8, 4) is 0 Å². The van der Waals surface area contributed by atoms with E-state index in [1.54, 1.807) is 18.5 Å². The lowest BCUT2D eigenvalue weighted by Crippen LogP contribution is -2.03. The highest BCUT2D eigenvalue weighted by molar-refractivity contribution is 6.30. The molecule has 0 aliphatic heterocycles. The lowest BCUT2D eigenvalue weighted by molar-refractivity contribution is 1.32. The van der Waals surface area contributed by atoms with Crippen molar-refractivity contribution in [1.29, 1.82) is 0 Å². The van der Waals surface area contributed by atoms with Crippen molar-refractivity contribution >= 4 is 57.1 Å². The molecule has 3 aromatic carbocycles. The molecule has 0 radical (unpaired) electrons. The molecule has 150 valence electrons. The van der Waals surface area contributed by atoms with Crippen LogP contribution >= 0.6 is 11.6 Å². The SMILES string of the molecule is Nc1cc(N)c(Nc2ccccc2Nc2ccc(Cl)cc2)cc1Nc1cccnc1. The molecule has 4 aromatic rings. The predicted molar refractivity (Wildman–Crippen MR) is 127 cm³/mol. The minimum atomic E-state index is 0.547. The van der Waals surface area contributed by atoms with Crippen LogP contribution in [0.2, 0.25) is 5.02 Å². The molecule has 0 saturated heterocycles. The summed E-state index contributed by atoms with van der Waals surface area (Å²) in [5, 5.41) is 10.8. The third kappa shape index (κ3) is 4.56. The van der Waals surface area contributed by atoms with E-state index in [4.69, 9.17) is 23.1 Å². The standard InChI is InChI=1S/C23H21ClN6/c24-15-7-9-16(10-8-15)28-20-5-1-2-6-21(20)30-23-13-22(18(25)12-19(23)26)29-17-4-3-11-27-14-17/h1-14,28-30H,25-26H2. The van der Waals surface area contributed by atoms with E-state index in [2.05, 4.69) is 20.9 Å². The fraction of sp³-hybridized carbons (Fsp3) is 0. The van der Waals surface area contributed by atoms with Gasteiger partial charge in [0.15, 0.2) is 0 Å². The van der Waals surface area contributed by atoms with Gasteiger partial charge in [-0.3, -0.25) is 4.98 Å². The van der Waals surface area contributed by atoms with Crippen molar-refractivity contribution < 1.29 is 0 Å². The molecule has 7 N–H and O–H groups in total. The topological polar surface area (TPSA) is 101 Å². The van der Waals surface area contributed by atoms with Crippen LogP contribution < -0.4 is 27.4 Å². The number of hydrogen-bond acceptors (Lipinski definition) is 6. The Labute approximate surface area is 179 Å². The van der Waals surface area contributed by atoms with Gasteiger partial charge in [-0.05, 0) is 60.7 Å². The number of aromatic nitrogens is 1. The maximum atomic E-state index is 6.23. The Morgan fingerprint density at radius 3 is 1.93 bits per heavy atom. The second kappa shape index (κ2) is 8.63. The molecule has 0 spiro atoms. The van der Waals surface area contributed by atoms with Crippen LogP contribution in [-0.2, 0) is 0 Å². The van der Waals surface area contributed by atoms with Crippen molar-refractivity contribution in [2.24, 2.45) is 0 Å². The molecule has 30 heavy (non-hydrogen) atoms. The van der Waals surface area contributed by atoms with Gasteiger partial charge < -0.3 is 27.4 Å². The smallest absolute Gasteiger partial charge is 0.0640 e. The number of rotatable bonds is 6. The average molecular weight is 417 g/mol. The minimum Gasteiger partial charge on any atom is -0.397 e. The molecule has 0 fully saturated rings. The van der Waals surface area contributed by atoms with Gasteiger partial charge in [0, 0.05) is 16.9 Å². The quantitative estimate of drug-likeness (QED) is 0.242. The fourth-order valence-electron chi connectivity index (χ4n) is 2.98. The van der Waals surface area contributed by atoms with Crippen molar-refractivity contribution in [1.82, 2.24) is 4.98 Å². The van der Waals surface area contributed by atoms with Gasteiger partial charge in [0.2, 0.25) is 0 Å². The maximum Gasteiger partial charge on any atom is 0.0640 e. The second-order valence-electron chi connectivity index (χ2n) is 6.70. The van der Waals surface area contributed by atoms with E-state index < -0.39 is 0 Å². The summed E-state index contributed by atoms with van der Waals surface area (Å²) in [6.45, 7) is 0. The zero-order chi connectivity index (χ0) is 20.9. The highest BCUT2D eigenvalue weighted by Gasteiger charge is 2.09. The third-order valence-electron chi connectivity index (χ3n) is 4.48. The number of anilines is 8. The largest absolute Gasteiger partial charge is 0.397 e. The molecule has 1 heterocycles. The normalized spacial score (nSPS) is 10.4. The first kappa shape index (κ1) is 19.4. The van der Waals surface area contributed by atoms with Gasteiger partial charge >= 0.3 is 0 Å². The number of benzene rings is 3. The first-order valence-corrected chi connectivity index (χ1v) is 9.71. The second-order valence-corrected chi connectivity index (χ2v) is 7.13. The number of pyridine rings is 1. The van der Waals surface area contributed by atoms with Gasteiger partial charge in [0.05, 0.1) is 46.0 Å². The van der Waals surface area contributed by atoms with E-state index in [9.17, 15) is 0 Å². The molecular weight excluding hydrogens is 396 g/mol. The molecule has 0 aliphatic rings. The van der Waals surface area contributed by atoms with Crippen molar-refractivity contribution in [3.05, 3.63) is 90.2 Å². The Hall–Kier alpha value is -3.90. The molecular formula is C23H21ClN6. The number of nitrogen functional groups attached to an aromatic ring is 2. The molecule has 0 bridgehead atoms. The van der Waals surface area contributed by atoms with Crippen molar-refractivity contribution in [2.75, 3.05) is 27.4 Å². The van der Waals surface area contributed by atoms with E-state index in [0.29, 0.717) is 16.4 Å². The van der Waals surface area contributed by atoms with Gasteiger partial charge in [-0.25, -0.2) is 0 Å². The number of nitrogens with zero attached hydrogens (tertiary/aromatic N) is 1. The van der Waals surface area contributed by atoms with E-state index in [-0.39, 0.29) is 0 Å². The summed E-state index contributed by atoms with van der Waals surface area (Å²) in [5.41, 5.74) is 18.5. The lowest BCUT2D eigenvalue weighted by atomic mass is 10.1. The van der Waals surface area contributed by atoms with Crippen LogP contribution in [-0.4, -0.2) is 4.98 Å². The summed E-state index contributed by atoms with van der Waals surface area (Å²) in [4.78, 5) is 4.11. The number of hydrogen-bond donors (Lipinski definition) is 5. The highest BCUT2D eigenvalue weighted by Crippen LogP contribution is 2.35. The summed E-state index contributed by atoms with van der Waals surface area (Å²) in [5.74, 6) is 0. The van der Waals surface area contributed by atoms with Gasteiger partial charge in [-0.15, -0.1) is 0 Å². The van der Waals surface area contributed by atoms with Crippen LogP contribution in [0.5, 0.6) is 0 Å². The Bertz CT molecular complexity index is 1150. The van der Waals surface area contributed by atoms with E-state index >= 15 is 0 Å². The fourth-order valence-corrected chi connectivity index (χ4v) is 3.10. The zero-order valence-electron chi connectivity index (χ0n) is 16.1. The molecule has 0 unspecified atom stereocenters. The van der Waals surface area contributed by atoms with E-state index in [0.717, 1.165) is 34.1 Å². The Kier molecular flexibility index (Phi) is 5.59. The molecule has 0 saturated carbocycles. The van der Waals surface area contributed by atoms with Gasteiger partial charge in [0.25, 0.3) is 0 Å². The van der Waals surface area contributed by atoms with Gasteiger partial charge in [-0.2, -0.15) is 0 Å². The number of nitrogens with two attached hydrogens (primary N) is 2. The summed E-state index contributed by atoms with van der Waals surface area (Å²) in [7, 11) is 0. The molecule has 0 atom stereocenters. The lowest BCUT2D eigenvalue weighted by Gasteiger charge is -2.17. The Morgan fingerprint density at radius 2 is 1.27 bits per heavy atom. The van der Waals surface area contributed by atoms with Crippen molar-refractivity contribution in [2.45, 2.75) is 0 Å². The molecule has 6 nitrogen and oxygen atoms in total. The van der Waals surface area contributed by atoms with Gasteiger partial charge in [-0.1, -0.05) is 23.7 Å². The Morgan fingerprint density at radius 1 is 0.633 bits per heavy atom. The number of para-hydroxylation sites is 2. The average Bonchev–Trinajstić information content (AvgIpc) is 2.75. The minimum absolute atomic E-state index is 0.547. The van der Waals surface area contributed by atoms with Crippen LogP contribution in [0.1, 0.15) is 0 Å². The summed E-state index contributed by atoms with van der Waals surface area (Å²) in [6, 6.07) is 22.8. The first-order valence-electron chi connectivity index (χ1n) is 9.33. The number of nitrogens with one attached hydrogen (secondary N) is 3. The maximum absolute atomic E-state index is 6.23. The summed E-state index contributed by atoms with van der Waals surface area (Å²) < 4.78 is 0. The van der Waals surface area contributed by atoms with E-state index in [1.165, 1.54) is 0 Å². The molecule has 7 heteroatoms. The first-order chi connectivity index (χ1) is 14.6. The Balaban J connectivity index is 1.61. The monoisotopic (exact) mass is 416 g/mol. The summed E-state index contributed by atoms with van der Waals surface area (Å²) in [6.07, 6.45) is 3.45.